The van der Waals surface area contributed by atoms with Gasteiger partial charge < -0.3 is 5.73 Å². The molecule has 2 rings (SSSR count). The molecule has 0 spiro atoms. The van der Waals surface area contributed by atoms with Crippen LogP contribution in [-0.4, -0.2) is 32.4 Å². The van der Waals surface area contributed by atoms with Crippen LogP contribution in [0.2, 0.25) is 0 Å². The lowest BCUT2D eigenvalue weighted by Gasteiger charge is -2.22. The molecule has 1 heterocycles. The van der Waals surface area contributed by atoms with E-state index >= 15 is 0 Å². The first-order chi connectivity index (χ1) is 9.32. The molecule has 2 N–H and O–H groups in total. The van der Waals surface area contributed by atoms with Crippen molar-refractivity contribution in [2.24, 2.45) is 11.1 Å². The van der Waals surface area contributed by atoms with Crippen molar-refractivity contribution in [2.75, 3.05) is 19.6 Å². The van der Waals surface area contributed by atoms with E-state index in [0.717, 1.165) is 12.1 Å². The highest BCUT2D eigenvalue weighted by atomic mass is 35.5. The summed E-state index contributed by atoms with van der Waals surface area (Å²) < 4.78 is 39.5. The van der Waals surface area contributed by atoms with E-state index in [9.17, 15) is 12.8 Å². The summed E-state index contributed by atoms with van der Waals surface area (Å²) in [5.41, 5.74) is 5.16. The molecule has 1 aliphatic heterocycles. The molecule has 1 atom stereocenters. The highest BCUT2D eigenvalue weighted by molar-refractivity contribution is 7.89. The maximum Gasteiger partial charge on any atom is 0.243 e. The summed E-state index contributed by atoms with van der Waals surface area (Å²) in [7, 11) is -3.71. The molecule has 0 radical (unpaired) electrons. The Kier molecular flexibility index (Phi) is 5.34. The molecule has 8 heteroatoms. The lowest BCUT2D eigenvalue weighted by Crippen LogP contribution is -2.34. The number of halogens is 2. The van der Waals surface area contributed by atoms with Gasteiger partial charge in [0, 0.05) is 13.1 Å². The molecule has 1 aromatic carbocycles. The summed E-state index contributed by atoms with van der Waals surface area (Å²) in [4.78, 5) is -0.0586. The molecular formula is C13H17ClFN3O2S. The Morgan fingerprint density at radius 2 is 2.19 bits per heavy atom. The van der Waals surface area contributed by atoms with Gasteiger partial charge in [-0.1, -0.05) is 6.92 Å². The molecule has 5 nitrogen and oxygen atoms in total. The van der Waals surface area contributed by atoms with Crippen LogP contribution in [0.5, 0.6) is 0 Å². The van der Waals surface area contributed by atoms with Crippen molar-refractivity contribution in [3.05, 3.63) is 29.6 Å². The average Bonchev–Trinajstić information content (AvgIpc) is 2.83. The number of hydrogen-bond donors (Lipinski definition) is 1. The Hall–Kier alpha value is -1.20. The van der Waals surface area contributed by atoms with Crippen molar-refractivity contribution >= 4 is 22.4 Å². The van der Waals surface area contributed by atoms with Crippen LogP contribution >= 0.6 is 12.4 Å². The molecule has 0 saturated carbocycles. The minimum absolute atomic E-state index is 0. The lowest BCUT2D eigenvalue weighted by molar-refractivity contribution is 0.349. The highest BCUT2D eigenvalue weighted by Crippen LogP contribution is 2.32. The summed E-state index contributed by atoms with van der Waals surface area (Å²) in [6, 6.07) is 4.91. The van der Waals surface area contributed by atoms with Gasteiger partial charge in [-0.05, 0) is 36.6 Å². The Bertz CT molecular complexity index is 674. The van der Waals surface area contributed by atoms with Gasteiger partial charge in [-0.25, -0.2) is 12.8 Å². The Morgan fingerprint density at radius 3 is 2.71 bits per heavy atom. The SMILES string of the molecule is CC1(CN)CCN(S(=O)(=O)c2ccc(F)c(C#N)c2)C1.Cl. The van der Waals surface area contributed by atoms with E-state index in [-0.39, 0.29) is 28.3 Å². The number of benzene rings is 1. The number of sulfonamides is 1. The van der Waals surface area contributed by atoms with E-state index < -0.39 is 15.8 Å². The predicted octanol–water partition coefficient (Wildman–Crippen LogP) is 1.48. The Balaban J connectivity index is 0.00000220. The van der Waals surface area contributed by atoms with E-state index in [4.69, 9.17) is 11.0 Å². The van der Waals surface area contributed by atoms with E-state index in [0.29, 0.717) is 26.1 Å². The van der Waals surface area contributed by atoms with Gasteiger partial charge >= 0.3 is 0 Å². The largest absolute Gasteiger partial charge is 0.330 e. The predicted molar refractivity (Wildman–Crippen MR) is 78.9 cm³/mol. The molecule has 116 valence electrons. The van der Waals surface area contributed by atoms with Crippen molar-refractivity contribution in [3.8, 4) is 6.07 Å². The summed E-state index contributed by atoms with van der Waals surface area (Å²) in [5, 5.41) is 8.78. The number of nitriles is 1. The van der Waals surface area contributed by atoms with E-state index in [1.807, 2.05) is 6.92 Å². The second-order valence-corrected chi connectivity index (χ2v) is 7.29. The molecule has 0 bridgehead atoms. The summed E-state index contributed by atoms with van der Waals surface area (Å²) >= 11 is 0. The summed E-state index contributed by atoms with van der Waals surface area (Å²) in [5.74, 6) is -0.723. The van der Waals surface area contributed by atoms with Gasteiger partial charge in [-0.15, -0.1) is 12.4 Å². The quantitative estimate of drug-likeness (QED) is 0.907. The smallest absolute Gasteiger partial charge is 0.243 e. The molecule has 0 aliphatic carbocycles. The van der Waals surface area contributed by atoms with Crippen LogP contribution < -0.4 is 5.73 Å². The van der Waals surface area contributed by atoms with Crippen LogP contribution in [0.25, 0.3) is 0 Å². The van der Waals surface area contributed by atoms with Crippen molar-refractivity contribution in [1.29, 1.82) is 5.26 Å². The van der Waals surface area contributed by atoms with Gasteiger partial charge in [-0.3, -0.25) is 0 Å². The van der Waals surface area contributed by atoms with Crippen molar-refractivity contribution in [2.45, 2.75) is 18.2 Å². The molecule has 1 aliphatic rings. The first-order valence-corrected chi connectivity index (χ1v) is 7.66. The fraction of sp³-hybridized carbons (Fsp3) is 0.462. The molecule has 1 unspecified atom stereocenters. The van der Waals surface area contributed by atoms with Crippen molar-refractivity contribution < 1.29 is 12.8 Å². The fourth-order valence-electron chi connectivity index (χ4n) is 2.25. The summed E-state index contributed by atoms with van der Waals surface area (Å²) in [6.07, 6.45) is 0.690. The number of rotatable bonds is 3. The van der Waals surface area contributed by atoms with E-state index in [1.165, 1.54) is 10.4 Å². The van der Waals surface area contributed by atoms with Crippen LogP contribution in [0.1, 0.15) is 18.9 Å². The molecule has 1 fully saturated rings. The molecule has 0 aromatic heterocycles. The van der Waals surface area contributed by atoms with Gasteiger partial charge in [0.1, 0.15) is 11.9 Å². The monoisotopic (exact) mass is 333 g/mol. The Labute approximate surface area is 130 Å². The van der Waals surface area contributed by atoms with Gasteiger partial charge in [-0.2, -0.15) is 9.57 Å². The first-order valence-electron chi connectivity index (χ1n) is 6.22. The first kappa shape index (κ1) is 17.9. The zero-order valence-corrected chi connectivity index (χ0v) is 13.2. The third-order valence-corrected chi connectivity index (χ3v) is 5.55. The van der Waals surface area contributed by atoms with Crippen molar-refractivity contribution in [3.63, 3.8) is 0 Å². The maximum atomic E-state index is 13.3. The molecule has 1 saturated heterocycles. The van der Waals surface area contributed by atoms with E-state index in [1.54, 1.807) is 6.07 Å². The second-order valence-electron chi connectivity index (χ2n) is 5.36. The summed E-state index contributed by atoms with van der Waals surface area (Å²) in [6.45, 7) is 3.07. The van der Waals surface area contributed by atoms with Crippen LogP contribution in [0.15, 0.2) is 23.1 Å². The van der Waals surface area contributed by atoms with Crippen LogP contribution in [0.3, 0.4) is 0 Å². The molecule has 21 heavy (non-hydrogen) atoms. The zero-order chi connectivity index (χ0) is 15.0. The normalized spacial score (nSPS) is 22.6. The topological polar surface area (TPSA) is 87.2 Å². The van der Waals surface area contributed by atoms with Crippen LogP contribution in [0.4, 0.5) is 4.39 Å². The van der Waals surface area contributed by atoms with Gasteiger partial charge in [0.05, 0.1) is 10.5 Å². The van der Waals surface area contributed by atoms with Crippen molar-refractivity contribution in [1.82, 2.24) is 4.31 Å². The molecule has 0 amide bonds. The number of nitrogens with zero attached hydrogens (tertiary/aromatic N) is 2. The van der Waals surface area contributed by atoms with Gasteiger partial charge in [0.15, 0.2) is 0 Å². The van der Waals surface area contributed by atoms with Crippen LogP contribution in [0, 0.1) is 22.6 Å². The number of hydrogen-bond acceptors (Lipinski definition) is 4. The zero-order valence-electron chi connectivity index (χ0n) is 11.5. The minimum atomic E-state index is -3.71. The van der Waals surface area contributed by atoms with Gasteiger partial charge in [0.2, 0.25) is 10.0 Å². The Morgan fingerprint density at radius 1 is 1.52 bits per heavy atom. The fourth-order valence-corrected chi connectivity index (χ4v) is 3.87. The third-order valence-electron chi connectivity index (χ3n) is 3.71. The second kappa shape index (κ2) is 6.28. The molecule has 1 aromatic rings. The minimum Gasteiger partial charge on any atom is -0.330 e. The maximum absolute atomic E-state index is 13.3. The van der Waals surface area contributed by atoms with Gasteiger partial charge in [0.25, 0.3) is 0 Å². The number of nitrogens with two attached hydrogens (primary N) is 1. The standard InChI is InChI=1S/C13H16FN3O2S.ClH/c1-13(8-16)4-5-17(9-13)20(18,19)11-2-3-12(14)10(6-11)7-15;/h2-3,6H,4-5,8-9,16H2,1H3;1H. The lowest BCUT2D eigenvalue weighted by atomic mass is 9.90. The average molecular weight is 334 g/mol. The third kappa shape index (κ3) is 3.35. The van der Waals surface area contributed by atoms with Crippen LogP contribution in [-0.2, 0) is 10.0 Å². The van der Waals surface area contributed by atoms with E-state index in [2.05, 4.69) is 0 Å². The molecular weight excluding hydrogens is 317 g/mol. The highest BCUT2D eigenvalue weighted by Gasteiger charge is 2.39.